The fourth-order valence-corrected chi connectivity index (χ4v) is 3.83. The molecule has 1 amide bonds. The van der Waals surface area contributed by atoms with Gasteiger partial charge in [-0.25, -0.2) is 4.39 Å². The third kappa shape index (κ3) is 5.00. The summed E-state index contributed by atoms with van der Waals surface area (Å²) in [6.07, 6.45) is -0.137. The molecule has 0 unspecified atom stereocenters. The fraction of sp³-hybridized carbons (Fsp3) is 0.200. The van der Waals surface area contributed by atoms with Crippen LogP contribution in [-0.2, 0) is 16.1 Å². The molecule has 29 heavy (non-hydrogen) atoms. The third-order valence-corrected chi connectivity index (χ3v) is 5.45. The van der Waals surface area contributed by atoms with Crippen molar-refractivity contribution < 1.29 is 19.1 Å². The number of carbonyl (C=O) groups is 2. The van der Waals surface area contributed by atoms with E-state index in [-0.39, 0.29) is 13.0 Å². The van der Waals surface area contributed by atoms with Crippen LogP contribution < -0.4 is 5.73 Å². The van der Waals surface area contributed by atoms with E-state index in [9.17, 15) is 14.0 Å². The van der Waals surface area contributed by atoms with Crippen LogP contribution in [0.3, 0.4) is 0 Å². The average molecular weight is 414 g/mol. The van der Waals surface area contributed by atoms with Gasteiger partial charge in [0.1, 0.15) is 11.1 Å². The largest absolute Gasteiger partial charge is 0.481 e. The minimum absolute atomic E-state index is 0.128. The Morgan fingerprint density at radius 2 is 1.93 bits per heavy atom. The molecule has 9 heteroatoms. The van der Waals surface area contributed by atoms with E-state index in [1.165, 1.54) is 24.3 Å². The Labute approximate surface area is 170 Å². The normalized spacial score (nSPS) is 11.9. The number of carbonyl (C=O) groups excluding carboxylic acids is 1. The molecule has 0 radical (unpaired) electrons. The molecule has 0 saturated carbocycles. The number of hydrogen-bond acceptors (Lipinski definition) is 5. The predicted octanol–water partition coefficient (Wildman–Crippen LogP) is 3.19. The zero-order chi connectivity index (χ0) is 21.0. The lowest BCUT2D eigenvalue weighted by atomic mass is 10.1. The highest BCUT2D eigenvalue weighted by Crippen LogP contribution is 2.36. The molecule has 1 aromatic heterocycles. The van der Waals surface area contributed by atoms with Crippen LogP contribution in [0.5, 0.6) is 0 Å². The summed E-state index contributed by atoms with van der Waals surface area (Å²) in [5, 5.41) is 17.0. The lowest BCUT2D eigenvalue weighted by Crippen LogP contribution is -2.19. The maximum Gasteiger partial charge on any atom is 0.305 e. The monoisotopic (exact) mass is 414 g/mol. The Morgan fingerprint density at radius 3 is 2.55 bits per heavy atom. The number of rotatable bonds is 8. The molecule has 3 rings (SSSR count). The van der Waals surface area contributed by atoms with Crippen molar-refractivity contribution >= 4 is 23.6 Å². The van der Waals surface area contributed by atoms with Gasteiger partial charge in [-0.2, -0.15) is 0 Å². The average Bonchev–Trinajstić information content (AvgIpc) is 3.07. The van der Waals surface area contributed by atoms with Crippen molar-refractivity contribution in [3.8, 4) is 11.4 Å². The van der Waals surface area contributed by atoms with Crippen molar-refractivity contribution in [3.63, 3.8) is 0 Å². The van der Waals surface area contributed by atoms with E-state index in [0.29, 0.717) is 16.5 Å². The van der Waals surface area contributed by atoms with Crippen LogP contribution in [0.15, 0.2) is 53.7 Å². The number of aliphatic carboxylic acids is 1. The summed E-state index contributed by atoms with van der Waals surface area (Å²) in [4.78, 5) is 23.2. The van der Waals surface area contributed by atoms with Gasteiger partial charge in [0, 0.05) is 12.1 Å². The first kappa shape index (κ1) is 20.5. The van der Waals surface area contributed by atoms with Gasteiger partial charge in [-0.3, -0.25) is 9.59 Å². The molecule has 2 aromatic carbocycles. The van der Waals surface area contributed by atoms with Crippen molar-refractivity contribution in [2.75, 3.05) is 0 Å². The lowest BCUT2D eigenvalue weighted by Gasteiger charge is -2.15. The minimum Gasteiger partial charge on any atom is -0.481 e. The van der Waals surface area contributed by atoms with Crippen molar-refractivity contribution in [2.45, 2.75) is 30.3 Å². The maximum atomic E-state index is 13.2. The highest BCUT2D eigenvalue weighted by molar-refractivity contribution is 8.00. The van der Waals surface area contributed by atoms with E-state index >= 15 is 0 Å². The van der Waals surface area contributed by atoms with Crippen LogP contribution in [0.1, 0.15) is 22.8 Å². The maximum absolute atomic E-state index is 13.2. The number of nitrogens with two attached hydrogens (primary N) is 1. The summed E-state index contributed by atoms with van der Waals surface area (Å²) in [6.45, 7) is 2.07. The SMILES string of the molecule is Cc1cccc(-c2nnc(S[C@@H](C(N)=O)c3ccc(F)cc3)n2CCC(=O)O)c1. The van der Waals surface area contributed by atoms with Crippen molar-refractivity contribution in [3.05, 3.63) is 65.5 Å². The summed E-state index contributed by atoms with van der Waals surface area (Å²) >= 11 is 1.05. The van der Waals surface area contributed by atoms with Gasteiger partial charge in [0.25, 0.3) is 0 Å². The van der Waals surface area contributed by atoms with E-state index in [4.69, 9.17) is 10.8 Å². The number of halogens is 1. The molecule has 3 aromatic rings. The van der Waals surface area contributed by atoms with E-state index in [2.05, 4.69) is 10.2 Å². The van der Waals surface area contributed by atoms with Gasteiger partial charge in [0.2, 0.25) is 5.91 Å². The van der Waals surface area contributed by atoms with Gasteiger partial charge in [-0.1, -0.05) is 47.7 Å². The molecular weight excluding hydrogens is 395 g/mol. The molecular formula is C20H19FN4O3S. The zero-order valence-corrected chi connectivity index (χ0v) is 16.4. The molecule has 0 aliphatic carbocycles. The molecule has 0 fully saturated rings. The number of thioether (sulfide) groups is 1. The second-order valence-corrected chi connectivity index (χ2v) is 7.50. The second kappa shape index (κ2) is 8.87. The third-order valence-electron chi connectivity index (χ3n) is 4.20. The van der Waals surface area contributed by atoms with E-state index in [0.717, 1.165) is 22.9 Å². The van der Waals surface area contributed by atoms with E-state index in [1.54, 1.807) is 4.57 Å². The number of aryl methyl sites for hydroxylation is 1. The Morgan fingerprint density at radius 1 is 1.21 bits per heavy atom. The van der Waals surface area contributed by atoms with E-state index < -0.39 is 22.9 Å². The van der Waals surface area contributed by atoms with Crippen LogP contribution in [0, 0.1) is 12.7 Å². The van der Waals surface area contributed by atoms with Crippen LogP contribution in [-0.4, -0.2) is 31.7 Å². The molecule has 7 nitrogen and oxygen atoms in total. The summed E-state index contributed by atoms with van der Waals surface area (Å²) in [6, 6.07) is 13.1. The minimum atomic E-state index is -0.963. The summed E-state index contributed by atoms with van der Waals surface area (Å²) < 4.78 is 14.9. The zero-order valence-electron chi connectivity index (χ0n) is 15.6. The smallest absolute Gasteiger partial charge is 0.305 e. The molecule has 0 bridgehead atoms. The van der Waals surface area contributed by atoms with Crippen molar-refractivity contribution in [1.82, 2.24) is 14.8 Å². The van der Waals surface area contributed by atoms with Crippen molar-refractivity contribution in [1.29, 1.82) is 0 Å². The van der Waals surface area contributed by atoms with Gasteiger partial charge >= 0.3 is 5.97 Å². The number of carboxylic acid groups (broad SMARTS) is 1. The van der Waals surface area contributed by atoms with Gasteiger partial charge in [-0.05, 0) is 30.7 Å². The van der Waals surface area contributed by atoms with Crippen LogP contribution in [0.25, 0.3) is 11.4 Å². The highest BCUT2D eigenvalue weighted by Gasteiger charge is 2.24. The number of aromatic nitrogens is 3. The first-order valence-corrected chi connectivity index (χ1v) is 9.66. The summed E-state index contributed by atoms with van der Waals surface area (Å²) in [7, 11) is 0. The molecule has 1 heterocycles. The molecule has 0 aliphatic heterocycles. The van der Waals surface area contributed by atoms with Crippen LogP contribution >= 0.6 is 11.8 Å². The van der Waals surface area contributed by atoms with Gasteiger partial charge in [0.05, 0.1) is 6.42 Å². The fourth-order valence-electron chi connectivity index (χ4n) is 2.82. The standard InChI is InChI=1S/C20H19FN4O3S/c1-12-3-2-4-14(11-12)19-23-24-20(25(19)10-9-16(26)27)29-17(18(22)28)13-5-7-15(21)8-6-13/h2-8,11,17H,9-10H2,1H3,(H2,22,28)(H,26,27)/t17-/m1/s1. The van der Waals surface area contributed by atoms with E-state index in [1.807, 2.05) is 31.2 Å². The lowest BCUT2D eigenvalue weighted by molar-refractivity contribution is -0.137. The quantitative estimate of drug-likeness (QED) is 0.548. The second-order valence-electron chi connectivity index (χ2n) is 6.42. The number of amides is 1. The number of carboxylic acids is 1. The Hall–Kier alpha value is -3.20. The highest BCUT2D eigenvalue weighted by atomic mass is 32.2. The number of hydrogen-bond donors (Lipinski definition) is 2. The van der Waals surface area contributed by atoms with Crippen LogP contribution in [0.2, 0.25) is 0 Å². The number of benzene rings is 2. The number of nitrogens with zero attached hydrogens (tertiary/aromatic N) is 3. The summed E-state index contributed by atoms with van der Waals surface area (Å²) in [5.74, 6) is -1.51. The predicted molar refractivity (Wildman–Crippen MR) is 107 cm³/mol. The van der Waals surface area contributed by atoms with Gasteiger partial charge in [-0.15, -0.1) is 10.2 Å². The topological polar surface area (TPSA) is 111 Å². The first-order valence-electron chi connectivity index (χ1n) is 8.78. The first-order chi connectivity index (χ1) is 13.8. The molecule has 1 atom stereocenters. The Balaban J connectivity index is 1.99. The molecule has 3 N–H and O–H groups in total. The molecule has 0 saturated heterocycles. The van der Waals surface area contributed by atoms with Gasteiger partial charge in [0.15, 0.2) is 11.0 Å². The molecule has 0 aliphatic rings. The Bertz CT molecular complexity index is 1040. The molecule has 0 spiro atoms. The Kier molecular flexibility index (Phi) is 6.28. The molecule has 150 valence electrons. The summed E-state index contributed by atoms with van der Waals surface area (Å²) in [5.41, 5.74) is 7.89. The van der Waals surface area contributed by atoms with Gasteiger partial charge < -0.3 is 15.4 Å². The van der Waals surface area contributed by atoms with Crippen molar-refractivity contribution in [2.24, 2.45) is 5.73 Å². The van der Waals surface area contributed by atoms with Crippen LogP contribution in [0.4, 0.5) is 4.39 Å². The number of primary amides is 1.